The SMILES string of the molecule is CC(N)c1cn(Cc2ccc(F)cc2)nn1. The zero-order chi connectivity index (χ0) is 11.5. The van der Waals surface area contributed by atoms with Gasteiger partial charge in [-0.2, -0.15) is 0 Å². The minimum Gasteiger partial charge on any atom is -0.323 e. The summed E-state index contributed by atoms with van der Waals surface area (Å²) in [4.78, 5) is 0. The molecule has 5 heteroatoms. The number of nitrogens with two attached hydrogens (primary N) is 1. The van der Waals surface area contributed by atoms with Crippen molar-refractivity contribution in [3.63, 3.8) is 0 Å². The van der Waals surface area contributed by atoms with E-state index in [1.165, 1.54) is 12.1 Å². The molecule has 1 aromatic carbocycles. The van der Waals surface area contributed by atoms with Crippen LogP contribution in [0.4, 0.5) is 4.39 Å². The molecule has 0 saturated carbocycles. The van der Waals surface area contributed by atoms with Crippen molar-refractivity contribution in [2.45, 2.75) is 19.5 Å². The van der Waals surface area contributed by atoms with Gasteiger partial charge in [0.1, 0.15) is 5.82 Å². The summed E-state index contributed by atoms with van der Waals surface area (Å²) < 4.78 is 14.4. The average Bonchev–Trinajstić information content (AvgIpc) is 2.70. The summed E-state index contributed by atoms with van der Waals surface area (Å²) in [5, 5.41) is 7.89. The van der Waals surface area contributed by atoms with Gasteiger partial charge in [0.25, 0.3) is 0 Å². The number of hydrogen-bond acceptors (Lipinski definition) is 3. The Bertz CT molecular complexity index is 461. The summed E-state index contributed by atoms with van der Waals surface area (Å²) in [7, 11) is 0. The predicted octanol–water partition coefficient (Wildman–Crippen LogP) is 1.49. The highest BCUT2D eigenvalue weighted by Crippen LogP contribution is 2.07. The topological polar surface area (TPSA) is 56.7 Å². The molecule has 16 heavy (non-hydrogen) atoms. The molecule has 0 aliphatic rings. The van der Waals surface area contributed by atoms with Crippen LogP contribution in [-0.2, 0) is 6.54 Å². The Hall–Kier alpha value is -1.75. The van der Waals surface area contributed by atoms with Gasteiger partial charge in [0.15, 0.2) is 0 Å². The van der Waals surface area contributed by atoms with Gasteiger partial charge in [-0.1, -0.05) is 17.3 Å². The Labute approximate surface area is 92.9 Å². The lowest BCUT2D eigenvalue weighted by Crippen LogP contribution is -2.05. The molecule has 0 fully saturated rings. The maximum Gasteiger partial charge on any atom is 0.123 e. The summed E-state index contributed by atoms with van der Waals surface area (Å²) in [5.41, 5.74) is 7.40. The molecule has 2 rings (SSSR count). The first-order valence-electron chi connectivity index (χ1n) is 5.05. The van der Waals surface area contributed by atoms with Crippen molar-refractivity contribution < 1.29 is 4.39 Å². The molecule has 0 aliphatic carbocycles. The van der Waals surface area contributed by atoms with Gasteiger partial charge in [0.05, 0.1) is 18.4 Å². The van der Waals surface area contributed by atoms with E-state index in [9.17, 15) is 4.39 Å². The van der Waals surface area contributed by atoms with Crippen LogP contribution in [0.1, 0.15) is 24.2 Å². The molecule has 2 aromatic rings. The highest BCUT2D eigenvalue weighted by atomic mass is 19.1. The third-order valence-electron chi connectivity index (χ3n) is 2.28. The normalized spacial score (nSPS) is 12.7. The first kappa shape index (κ1) is 10.8. The van der Waals surface area contributed by atoms with Crippen LogP contribution in [0.15, 0.2) is 30.5 Å². The predicted molar refractivity (Wildman–Crippen MR) is 58.1 cm³/mol. The molecule has 4 nitrogen and oxygen atoms in total. The van der Waals surface area contributed by atoms with E-state index >= 15 is 0 Å². The van der Waals surface area contributed by atoms with Crippen LogP contribution < -0.4 is 5.73 Å². The summed E-state index contributed by atoms with van der Waals surface area (Å²) in [6.45, 7) is 2.42. The standard InChI is InChI=1S/C11H13FN4/c1-8(13)11-7-16(15-14-11)6-9-2-4-10(12)5-3-9/h2-5,7-8H,6,13H2,1H3. The van der Waals surface area contributed by atoms with Crippen molar-refractivity contribution >= 4 is 0 Å². The third-order valence-corrected chi connectivity index (χ3v) is 2.28. The number of hydrogen-bond donors (Lipinski definition) is 1. The first-order valence-corrected chi connectivity index (χ1v) is 5.05. The van der Waals surface area contributed by atoms with Crippen molar-refractivity contribution in [1.82, 2.24) is 15.0 Å². The van der Waals surface area contributed by atoms with E-state index in [1.54, 1.807) is 23.0 Å². The fraction of sp³-hybridized carbons (Fsp3) is 0.273. The third kappa shape index (κ3) is 2.43. The van der Waals surface area contributed by atoms with Crippen molar-refractivity contribution in [1.29, 1.82) is 0 Å². The molecule has 84 valence electrons. The minimum absolute atomic E-state index is 0.123. The Balaban J connectivity index is 2.11. The smallest absolute Gasteiger partial charge is 0.123 e. The first-order chi connectivity index (χ1) is 7.65. The molecule has 1 atom stereocenters. The van der Waals surface area contributed by atoms with Gasteiger partial charge in [-0.05, 0) is 24.6 Å². The zero-order valence-electron chi connectivity index (χ0n) is 8.97. The van der Waals surface area contributed by atoms with Gasteiger partial charge in [-0.15, -0.1) is 5.10 Å². The van der Waals surface area contributed by atoms with E-state index in [2.05, 4.69) is 10.3 Å². The molecule has 0 radical (unpaired) electrons. The van der Waals surface area contributed by atoms with Crippen LogP contribution in [0.5, 0.6) is 0 Å². The Morgan fingerprint density at radius 1 is 1.38 bits per heavy atom. The van der Waals surface area contributed by atoms with Crippen LogP contribution in [0, 0.1) is 5.82 Å². The maximum atomic E-state index is 12.7. The number of halogens is 1. The van der Waals surface area contributed by atoms with Gasteiger partial charge in [-0.25, -0.2) is 9.07 Å². The van der Waals surface area contributed by atoms with Crippen molar-refractivity contribution in [2.24, 2.45) is 5.73 Å². The summed E-state index contributed by atoms with van der Waals surface area (Å²) in [6.07, 6.45) is 1.80. The molecule has 0 aliphatic heterocycles. The van der Waals surface area contributed by atoms with Gasteiger partial charge in [-0.3, -0.25) is 0 Å². The molecule has 0 bridgehead atoms. The number of aromatic nitrogens is 3. The van der Waals surface area contributed by atoms with Crippen LogP contribution in [0.25, 0.3) is 0 Å². The molecule has 0 amide bonds. The zero-order valence-corrected chi connectivity index (χ0v) is 8.97. The van der Waals surface area contributed by atoms with Gasteiger partial charge in [0, 0.05) is 6.04 Å². The highest BCUT2D eigenvalue weighted by Gasteiger charge is 2.05. The summed E-state index contributed by atoms with van der Waals surface area (Å²) >= 11 is 0. The lowest BCUT2D eigenvalue weighted by Gasteiger charge is -2.00. The Morgan fingerprint density at radius 2 is 2.06 bits per heavy atom. The molecule has 1 heterocycles. The molecule has 1 aromatic heterocycles. The monoisotopic (exact) mass is 220 g/mol. The van der Waals surface area contributed by atoms with Crippen molar-refractivity contribution in [2.75, 3.05) is 0 Å². The van der Waals surface area contributed by atoms with Gasteiger partial charge < -0.3 is 5.73 Å². The molecule has 0 saturated heterocycles. The quantitative estimate of drug-likeness (QED) is 0.852. The summed E-state index contributed by atoms with van der Waals surface area (Å²) in [6, 6.07) is 6.18. The Kier molecular flexibility index (Phi) is 2.96. The number of nitrogens with zero attached hydrogens (tertiary/aromatic N) is 3. The van der Waals surface area contributed by atoms with Crippen LogP contribution >= 0.6 is 0 Å². The van der Waals surface area contributed by atoms with E-state index < -0.39 is 0 Å². The van der Waals surface area contributed by atoms with Crippen molar-refractivity contribution in [3.05, 3.63) is 47.5 Å². The molecular formula is C11H13FN4. The number of benzene rings is 1. The van der Waals surface area contributed by atoms with Crippen LogP contribution in [0.2, 0.25) is 0 Å². The van der Waals surface area contributed by atoms with E-state index in [-0.39, 0.29) is 11.9 Å². The highest BCUT2D eigenvalue weighted by molar-refractivity contribution is 5.16. The van der Waals surface area contributed by atoms with Crippen molar-refractivity contribution in [3.8, 4) is 0 Å². The fourth-order valence-electron chi connectivity index (χ4n) is 1.38. The summed E-state index contributed by atoms with van der Waals surface area (Å²) in [5.74, 6) is -0.237. The fourth-order valence-corrected chi connectivity index (χ4v) is 1.38. The Morgan fingerprint density at radius 3 is 2.62 bits per heavy atom. The second-order valence-electron chi connectivity index (χ2n) is 3.76. The average molecular weight is 220 g/mol. The lowest BCUT2D eigenvalue weighted by atomic mass is 10.2. The van der Waals surface area contributed by atoms with E-state index in [0.29, 0.717) is 6.54 Å². The molecular weight excluding hydrogens is 207 g/mol. The van der Waals surface area contributed by atoms with E-state index in [1.807, 2.05) is 6.92 Å². The largest absolute Gasteiger partial charge is 0.323 e. The van der Waals surface area contributed by atoms with E-state index in [4.69, 9.17) is 5.73 Å². The second kappa shape index (κ2) is 4.40. The van der Waals surface area contributed by atoms with Crippen LogP contribution in [0.3, 0.4) is 0 Å². The molecule has 1 unspecified atom stereocenters. The van der Waals surface area contributed by atoms with Crippen LogP contribution in [-0.4, -0.2) is 15.0 Å². The second-order valence-corrected chi connectivity index (χ2v) is 3.76. The number of rotatable bonds is 3. The minimum atomic E-state index is -0.237. The van der Waals surface area contributed by atoms with Gasteiger partial charge in [0.2, 0.25) is 0 Å². The molecule has 0 spiro atoms. The van der Waals surface area contributed by atoms with Gasteiger partial charge >= 0.3 is 0 Å². The lowest BCUT2D eigenvalue weighted by molar-refractivity contribution is 0.621. The van der Waals surface area contributed by atoms with E-state index in [0.717, 1.165) is 11.3 Å². The molecule has 2 N–H and O–H groups in total. The maximum absolute atomic E-state index is 12.7.